The molecule has 0 aliphatic carbocycles. The zero-order valence-electron chi connectivity index (χ0n) is 10.5. The predicted octanol–water partition coefficient (Wildman–Crippen LogP) is 1.49. The lowest BCUT2D eigenvalue weighted by atomic mass is 10.1. The average molecular weight is 271 g/mol. The second-order valence-corrected chi connectivity index (χ2v) is 5.02. The minimum atomic E-state index is 0.615. The molecule has 3 N–H and O–H groups in total. The van der Waals surface area contributed by atoms with Crippen LogP contribution in [-0.2, 0) is 11.3 Å². The van der Waals surface area contributed by atoms with Crippen molar-refractivity contribution in [2.24, 2.45) is 11.8 Å². The average Bonchev–Trinajstić information content (AvgIpc) is 2.80. The number of nitrogens with zero attached hydrogens (tertiary/aromatic N) is 2. The minimum absolute atomic E-state index is 0.615. The molecule has 0 saturated carbocycles. The van der Waals surface area contributed by atoms with Crippen LogP contribution in [0.1, 0.15) is 12.1 Å². The number of nitrogens with two attached hydrogens (primary N) is 1. The van der Waals surface area contributed by atoms with Crippen LogP contribution in [-0.4, -0.2) is 36.7 Å². The number of methoxy groups -OCH3 is 1. The Kier molecular flexibility index (Phi) is 4.77. The van der Waals surface area contributed by atoms with Crippen molar-refractivity contribution >= 4 is 17.4 Å². The summed E-state index contributed by atoms with van der Waals surface area (Å²) in [5.74, 6) is 6.61. The molecule has 1 saturated heterocycles. The first-order valence-corrected chi connectivity index (χ1v) is 6.44. The Morgan fingerprint density at radius 3 is 3.17 bits per heavy atom. The van der Waals surface area contributed by atoms with E-state index in [9.17, 15) is 0 Å². The smallest absolute Gasteiger partial charge is 0.140 e. The number of hydrogen-bond acceptors (Lipinski definition) is 5. The maximum atomic E-state index is 6.15. The fourth-order valence-corrected chi connectivity index (χ4v) is 2.48. The van der Waals surface area contributed by atoms with Crippen LogP contribution < -0.4 is 11.3 Å². The molecule has 1 unspecified atom stereocenters. The van der Waals surface area contributed by atoms with Crippen molar-refractivity contribution in [3.05, 3.63) is 22.8 Å². The van der Waals surface area contributed by atoms with Crippen LogP contribution in [0.15, 0.2) is 12.1 Å². The maximum Gasteiger partial charge on any atom is 0.140 e. The predicted molar refractivity (Wildman–Crippen MR) is 72.3 cm³/mol. The zero-order chi connectivity index (χ0) is 13.0. The van der Waals surface area contributed by atoms with Gasteiger partial charge in [-0.2, -0.15) is 0 Å². The van der Waals surface area contributed by atoms with Crippen molar-refractivity contribution in [1.82, 2.24) is 9.88 Å². The SMILES string of the molecule is COCC1CCN(Cc2nc(NN)ccc2Cl)C1. The first kappa shape index (κ1) is 13.5. The van der Waals surface area contributed by atoms with Gasteiger partial charge in [-0.1, -0.05) is 11.6 Å². The lowest BCUT2D eigenvalue weighted by Crippen LogP contribution is -2.22. The van der Waals surface area contributed by atoms with E-state index in [1.165, 1.54) is 6.42 Å². The van der Waals surface area contributed by atoms with Gasteiger partial charge in [0.2, 0.25) is 0 Å². The van der Waals surface area contributed by atoms with Gasteiger partial charge in [0.1, 0.15) is 5.82 Å². The van der Waals surface area contributed by atoms with E-state index in [0.29, 0.717) is 16.8 Å². The molecule has 0 amide bonds. The molecule has 6 heteroatoms. The van der Waals surface area contributed by atoms with E-state index in [0.717, 1.165) is 31.9 Å². The molecule has 0 radical (unpaired) electrons. The highest BCUT2D eigenvalue weighted by atomic mass is 35.5. The molecule has 1 aliphatic rings. The van der Waals surface area contributed by atoms with Gasteiger partial charge >= 0.3 is 0 Å². The number of rotatable bonds is 5. The lowest BCUT2D eigenvalue weighted by molar-refractivity contribution is 0.152. The van der Waals surface area contributed by atoms with E-state index in [1.54, 1.807) is 13.2 Å². The third kappa shape index (κ3) is 3.32. The highest BCUT2D eigenvalue weighted by molar-refractivity contribution is 6.31. The van der Waals surface area contributed by atoms with Gasteiger partial charge in [0, 0.05) is 20.2 Å². The van der Waals surface area contributed by atoms with E-state index in [-0.39, 0.29) is 0 Å². The standard InChI is InChI=1S/C12H19ClN4O/c1-18-8-9-4-5-17(6-9)7-11-10(13)2-3-12(15-11)16-14/h2-3,9H,4-8,14H2,1H3,(H,15,16). The summed E-state index contributed by atoms with van der Waals surface area (Å²) in [6.45, 7) is 3.68. The van der Waals surface area contributed by atoms with Crippen LogP contribution in [0.25, 0.3) is 0 Å². The van der Waals surface area contributed by atoms with Gasteiger partial charge < -0.3 is 10.2 Å². The molecule has 2 heterocycles. The molecule has 1 aromatic rings. The molecule has 0 aromatic carbocycles. The van der Waals surface area contributed by atoms with Gasteiger partial charge in [-0.15, -0.1) is 0 Å². The maximum absolute atomic E-state index is 6.15. The largest absolute Gasteiger partial charge is 0.384 e. The van der Waals surface area contributed by atoms with Crippen LogP contribution in [0, 0.1) is 5.92 Å². The van der Waals surface area contributed by atoms with Crippen molar-refractivity contribution in [3.63, 3.8) is 0 Å². The van der Waals surface area contributed by atoms with Crippen molar-refractivity contribution in [1.29, 1.82) is 0 Å². The van der Waals surface area contributed by atoms with Crippen LogP contribution in [0.2, 0.25) is 5.02 Å². The Hall–Kier alpha value is -0.880. The highest BCUT2D eigenvalue weighted by Crippen LogP contribution is 2.22. The first-order chi connectivity index (χ1) is 8.72. The number of hydrogen-bond donors (Lipinski definition) is 2. The molecule has 1 atom stereocenters. The fraction of sp³-hybridized carbons (Fsp3) is 0.583. The summed E-state index contributed by atoms with van der Waals surface area (Å²) >= 11 is 6.15. The monoisotopic (exact) mass is 270 g/mol. The number of likely N-dealkylation sites (tertiary alicyclic amines) is 1. The number of ether oxygens (including phenoxy) is 1. The summed E-state index contributed by atoms with van der Waals surface area (Å²) in [6, 6.07) is 3.59. The Bertz CT molecular complexity index is 402. The Morgan fingerprint density at radius 1 is 1.61 bits per heavy atom. The molecule has 100 valence electrons. The van der Waals surface area contributed by atoms with Crippen molar-refractivity contribution < 1.29 is 4.74 Å². The summed E-state index contributed by atoms with van der Waals surface area (Å²) in [6.07, 6.45) is 1.17. The van der Waals surface area contributed by atoms with E-state index in [4.69, 9.17) is 22.2 Å². The highest BCUT2D eigenvalue weighted by Gasteiger charge is 2.23. The topological polar surface area (TPSA) is 63.4 Å². The Labute approximate surface area is 112 Å². The summed E-state index contributed by atoms with van der Waals surface area (Å²) < 4.78 is 5.19. The van der Waals surface area contributed by atoms with Gasteiger partial charge in [0.25, 0.3) is 0 Å². The number of nitrogens with one attached hydrogen (secondary N) is 1. The van der Waals surface area contributed by atoms with Crippen LogP contribution in [0.4, 0.5) is 5.82 Å². The number of anilines is 1. The van der Waals surface area contributed by atoms with Gasteiger partial charge in [0.15, 0.2) is 0 Å². The molecule has 1 aromatic heterocycles. The summed E-state index contributed by atoms with van der Waals surface area (Å²) in [5, 5.41) is 0.684. The molecular formula is C12H19ClN4O. The Morgan fingerprint density at radius 2 is 2.44 bits per heavy atom. The Balaban J connectivity index is 1.97. The molecule has 5 nitrogen and oxygen atoms in total. The van der Waals surface area contributed by atoms with E-state index in [2.05, 4.69) is 15.3 Å². The molecule has 1 fully saturated rings. The van der Waals surface area contributed by atoms with E-state index >= 15 is 0 Å². The molecular weight excluding hydrogens is 252 g/mol. The second kappa shape index (κ2) is 6.33. The molecule has 1 aliphatic heterocycles. The first-order valence-electron chi connectivity index (χ1n) is 6.06. The number of pyridine rings is 1. The molecule has 2 rings (SSSR count). The van der Waals surface area contributed by atoms with Gasteiger partial charge in [-0.25, -0.2) is 10.8 Å². The van der Waals surface area contributed by atoms with Crippen molar-refractivity contribution in [2.45, 2.75) is 13.0 Å². The van der Waals surface area contributed by atoms with E-state index < -0.39 is 0 Å². The molecule has 0 spiro atoms. The van der Waals surface area contributed by atoms with Gasteiger partial charge in [-0.3, -0.25) is 4.90 Å². The van der Waals surface area contributed by atoms with Crippen LogP contribution in [0.3, 0.4) is 0 Å². The van der Waals surface area contributed by atoms with Crippen molar-refractivity contribution in [2.75, 3.05) is 32.2 Å². The van der Waals surface area contributed by atoms with E-state index in [1.807, 2.05) is 6.07 Å². The second-order valence-electron chi connectivity index (χ2n) is 4.61. The molecule has 0 bridgehead atoms. The third-order valence-corrected chi connectivity index (χ3v) is 3.56. The van der Waals surface area contributed by atoms with Gasteiger partial charge in [-0.05, 0) is 31.0 Å². The number of hydrazine groups is 1. The zero-order valence-corrected chi connectivity index (χ0v) is 11.3. The minimum Gasteiger partial charge on any atom is -0.384 e. The van der Waals surface area contributed by atoms with Crippen LogP contribution in [0.5, 0.6) is 0 Å². The lowest BCUT2D eigenvalue weighted by Gasteiger charge is -2.16. The number of halogens is 1. The van der Waals surface area contributed by atoms with Crippen molar-refractivity contribution in [3.8, 4) is 0 Å². The summed E-state index contributed by atoms with van der Waals surface area (Å²) in [5.41, 5.74) is 3.41. The van der Waals surface area contributed by atoms with Gasteiger partial charge in [0.05, 0.1) is 17.3 Å². The third-order valence-electron chi connectivity index (χ3n) is 3.21. The summed E-state index contributed by atoms with van der Waals surface area (Å²) in [4.78, 5) is 6.73. The number of aromatic nitrogens is 1. The summed E-state index contributed by atoms with van der Waals surface area (Å²) in [7, 11) is 1.75. The quantitative estimate of drug-likeness (QED) is 0.627. The fourth-order valence-electron chi connectivity index (χ4n) is 2.32. The molecule has 18 heavy (non-hydrogen) atoms. The van der Waals surface area contributed by atoms with Crippen LogP contribution >= 0.6 is 11.6 Å². The normalized spacial score (nSPS) is 20.3. The number of nitrogen functional groups attached to an aromatic ring is 1.